The number of rotatable bonds is 8. The second-order valence-electron chi connectivity index (χ2n) is 7.41. The van der Waals surface area contributed by atoms with E-state index in [0.29, 0.717) is 22.0 Å². The van der Waals surface area contributed by atoms with Gasteiger partial charge in [0.25, 0.3) is 0 Å². The number of ether oxygens (including phenoxy) is 2. The lowest BCUT2D eigenvalue weighted by atomic mass is 10.1. The van der Waals surface area contributed by atoms with Crippen molar-refractivity contribution in [2.45, 2.75) is 33.5 Å². The highest BCUT2D eigenvalue weighted by molar-refractivity contribution is 7.14. The minimum absolute atomic E-state index is 0.0423. The van der Waals surface area contributed by atoms with Crippen LogP contribution in [0.2, 0.25) is 0 Å². The minimum Gasteiger partial charge on any atom is -0.453 e. The van der Waals surface area contributed by atoms with E-state index in [1.165, 1.54) is 23.8 Å². The van der Waals surface area contributed by atoms with Gasteiger partial charge in [-0.3, -0.25) is 9.69 Å². The maximum Gasteiger partial charge on any atom is 0.375 e. The molecular formula is C25H24N2O5S. The quantitative estimate of drug-likeness (QED) is 0.314. The highest BCUT2D eigenvalue weighted by Crippen LogP contribution is 2.30. The molecule has 0 aliphatic heterocycles. The fourth-order valence-corrected chi connectivity index (χ4v) is 4.40. The molecule has 7 nitrogen and oxygen atoms in total. The predicted molar refractivity (Wildman–Crippen MR) is 127 cm³/mol. The monoisotopic (exact) mass is 464 g/mol. The number of thiazole rings is 1. The summed E-state index contributed by atoms with van der Waals surface area (Å²) in [5.41, 5.74) is 3.72. The number of amides is 1. The van der Waals surface area contributed by atoms with Crippen LogP contribution in [0.1, 0.15) is 41.2 Å². The van der Waals surface area contributed by atoms with Gasteiger partial charge in [0, 0.05) is 30.4 Å². The molecule has 2 heterocycles. The Morgan fingerprint density at radius 1 is 1.09 bits per heavy atom. The molecule has 0 radical (unpaired) electrons. The number of hydrogen-bond acceptors (Lipinski definition) is 7. The minimum atomic E-state index is -0.591. The first-order chi connectivity index (χ1) is 16.0. The normalized spacial score (nSPS) is 11.0. The van der Waals surface area contributed by atoms with E-state index in [4.69, 9.17) is 13.9 Å². The zero-order valence-electron chi connectivity index (χ0n) is 18.7. The summed E-state index contributed by atoms with van der Waals surface area (Å²) < 4.78 is 16.4. The zero-order valence-corrected chi connectivity index (χ0v) is 19.5. The summed E-state index contributed by atoms with van der Waals surface area (Å²) in [4.78, 5) is 31.1. The Morgan fingerprint density at radius 3 is 2.55 bits per heavy atom. The lowest BCUT2D eigenvalue weighted by Crippen LogP contribution is -2.22. The second kappa shape index (κ2) is 9.97. The third-order valence-corrected chi connectivity index (χ3v) is 6.05. The van der Waals surface area contributed by atoms with Gasteiger partial charge in [0.1, 0.15) is 12.2 Å². The molecule has 0 aliphatic carbocycles. The Labute approximate surface area is 195 Å². The van der Waals surface area contributed by atoms with Gasteiger partial charge in [-0.25, -0.2) is 9.78 Å². The molecule has 170 valence electrons. The van der Waals surface area contributed by atoms with Gasteiger partial charge in [-0.1, -0.05) is 37.3 Å². The van der Waals surface area contributed by atoms with E-state index in [9.17, 15) is 9.59 Å². The Bertz CT molecular complexity index is 1280. The van der Waals surface area contributed by atoms with Gasteiger partial charge in [-0.05, 0) is 30.2 Å². The topological polar surface area (TPSA) is 81.9 Å². The molecule has 0 fully saturated rings. The molecule has 0 atom stereocenters. The molecule has 33 heavy (non-hydrogen) atoms. The second-order valence-corrected chi connectivity index (χ2v) is 8.25. The number of benzene rings is 2. The summed E-state index contributed by atoms with van der Waals surface area (Å²) in [6.07, 6.45) is 0.921. The van der Waals surface area contributed by atoms with Gasteiger partial charge in [0.05, 0.1) is 18.0 Å². The lowest BCUT2D eigenvalue weighted by molar-refractivity contribution is -0.115. The summed E-state index contributed by atoms with van der Waals surface area (Å²) in [5, 5.41) is 3.10. The summed E-state index contributed by atoms with van der Waals surface area (Å²) in [5.74, 6) is -0.620. The van der Waals surface area contributed by atoms with E-state index in [1.54, 1.807) is 23.5 Å². The van der Waals surface area contributed by atoms with Crippen LogP contribution < -0.4 is 4.90 Å². The third-order valence-electron chi connectivity index (χ3n) is 5.17. The van der Waals surface area contributed by atoms with Crippen molar-refractivity contribution in [1.82, 2.24) is 4.98 Å². The van der Waals surface area contributed by atoms with Crippen LogP contribution >= 0.6 is 11.3 Å². The van der Waals surface area contributed by atoms with Crippen LogP contribution in [0.25, 0.3) is 11.0 Å². The van der Waals surface area contributed by atoms with Gasteiger partial charge in [-0.15, -0.1) is 11.3 Å². The van der Waals surface area contributed by atoms with Crippen molar-refractivity contribution in [2.75, 3.05) is 12.0 Å². The largest absolute Gasteiger partial charge is 0.453 e. The van der Waals surface area contributed by atoms with Gasteiger partial charge < -0.3 is 13.9 Å². The zero-order chi connectivity index (χ0) is 23.4. The number of carbonyl (C=O) groups is 2. The highest BCUT2D eigenvalue weighted by Gasteiger charge is 2.23. The maximum atomic E-state index is 12.8. The first kappa shape index (κ1) is 22.7. The molecule has 1 amide bonds. The number of aryl methyl sites for hydroxylation is 1. The summed E-state index contributed by atoms with van der Waals surface area (Å²) in [7, 11) is 1.56. The number of hydrogen-bond donors (Lipinski definition) is 0. The van der Waals surface area contributed by atoms with Crippen LogP contribution in [0.4, 0.5) is 10.8 Å². The fourth-order valence-electron chi connectivity index (χ4n) is 3.53. The summed E-state index contributed by atoms with van der Waals surface area (Å²) in [6.45, 7) is 3.76. The molecule has 0 unspecified atom stereocenters. The molecule has 0 saturated heterocycles. The van der Waals surface area contributed by atoms with Crippen LogP contribution in [-0.2, 0) is 33.9 Å². The van der Waals surface area contributed by atoms with Gasteiger partial charge in [-0.2, -0.15) is 0 Å². The number of methoxy groups -OCH3 is 1. The molecule has 4 rings (SSSR count). The van der Waals surface area contributed by atoms with Crippen molar-refractivity contribution >= 4 is 45.0 Å². The molecule has 4 aromatic rings. The number of fused-ring (bicyclic) bond motifs is 1. The lowest BCUT2D eigenvalue weighted by Gasteiger charge is -2.18. The Morgan fingerprint density at radius 2 is 1.85 bits per heavy atom. The average molecular weight is 465 g/mol. The number of aromatic nitrogens is 1. The summed E-state index contributed by atoms with van der Waals surface area (Å²) >= 11 is 1.31. The van der Waals surface area contributed by atoms with Crippen molar-refractivity contribution < 1.29 is 23.5 Å². The Hall–Kier alpha value is -3.49. The molecule has 2 aromatic heterocycles. The first-order valence-corrected chi connectivity index (χ1v) is 11.4. The molecule has 0 saturated carbocycles. The van der Waals surface area contributed by atoms with Gasteiger partial charge in [0.15, 0.2) is 5.13 Å². The van der Waals surface area contributed by atoms with E-state index in [0.717, 1.165) is 17.5 Å². The number of nitrogens with zero attached hydrogens (tertiary/aromatic N) is 2. The van der Waals surface area contributed by atoms with Crippen molar-refractivity contribution in [3.05, 3.63) is 76.5 Å². The molecular weight excluding hydrogens is 440 g/mol. The van der Waals surface area contributed by atoms with Crippen LogP contribution in [-0.4, -0.2) is 24.0 Å². The predicted octanol–water partition coefficient (Wildman–Crippen LogP) is 5.64. The molecule has 0 aliphatic rings. The van der Waals surface area contributed by atoms with E-state index >= 15 is 0 Å². The highest BCUT2D eigenvalue weighted by atomic mass is 32.1. The van der Waals surface area contributed by atoms with E-state index < -0.39 is 5.97 Å². The van der Waals surface area contributed by atoms with E-state index in [-0.39, 0.29) is 24.9 Å². The van der Waals surface area contributed by atoms with Crippen LogP contribution in [0.5, 0.6) is 0 Å². The van der Waals surface area contributed by atoms with Crippen LogP contribution in [0.15, 0.2) is 58.3 Å². The van der Waals surface area contributed by atoms with Crippen LogP contribution in [0.3, 0.4) is 0 Å². The van der Waals surface area contributed by atoms with Gasteiger partial charge in [0.2, 0.25) is 11.7 Å². The number of carbonyl (C=O) groups excluding carboxylic acids is 2. The van der Waals surface area contributed by atoms with E-state index in [1.807, 2.05) is 42.5 Å². The molecule has 2 aromatic carbocycles. The molecule has 8 heteroatoms. The fraction of sp³-hybridized carbons (Fsp3) is 0.240. The van der Waals surface area contributed by atoms with Gasteiger partial charge >= 0.3 is 5.97 Å². The summed E-state index contributed by atoms with van der Waals surface area (Å²) in [6, 6.07) is 15.2. The number of para-hydroxylation sites is 1. The van der Waals surface area contributed by atoms with Crippen molar-refractivity contribution in [2.24, 2.45) is 0 Å². The maximum absolute atomic E-state index is 12.8. The molecule has 0 N–H and O–H groups in total. The van der Waals surface area contributed by atoms with Crippen molar-refractivity contribution in [3.63, 3.8) is 0 Å². The Balaban J connectivity index is 1.50. The first-order valence-electron chi connectivity index (χ1n) is 10.5. The Kier molecular flexibility index (Phi) is 6.86. The number of esters is 1. The van der Waals surface area contributed by atoms with E-state index in [2.05, 4.69) is 11.9 Å². The smallest absolute Gasteiger partial charge is 0.375 e. The standard InChI is InChI=1S/C25H24N2O5S/c1-4-17-9-11-19(12-10-17)27(16(2)28)25-26-18(15-33-25)13-31-24(29)23-21(14-30-3)20-7-5-6-8-22(20)32-23/h5-12,15H,4,13-14H2,1-3H3. The van der Waals surface area contributed by atoms with Crippen LogP contribution in [0, 0.1) is 0 Å². The molecule has 0 bridgehead atoms. The van der Waals surface area contributed by atoms with Crippen molar-refractivity contribution in [1.29, 1.82) is 0 Å². The average Bonchev–Trinajstić information content (AvgIpc) is 3.43. The molecule has 0 spiro atoms. The third kappa shape index (κ3) is 4.81. The number of furan rings is 1. The number of anilines is 2. The SMILES string of the molecule is CCc1ccc(N(C(C)=O)c2nc(COC(=O)c3oc4ccccc4c3COC)cs2)cc1. The van der Waals surface area contributed by atoms with Crippen molar-refractivity contribution in [3.8, 4) is 0 Å².